The van der Waals surface area contributed by atoms with E-state index >= 15 is 0 Å². The molecule has 0 atom stereocenters. The van der Waals surface area contributed by atoms with Crippen LogP contribution in [0.25, 0.3) is 0 Å². The fourth-order valence-corrected chi connectivity index (χ4v) is 1.72. The minimum atomic E-state index is -0.775. The van der Waals surface area contributed by atoms with E-state index in [0.29, 0.717) is 19.5 Å². The molecule has 0 unspecified atom stereocenters. The smallest absolute Gasteiger partial charge is 0.303 e. The van der Waals surface area contributed by atoms with Crippen molar-refractivity contribution < 1.29 is 14.7 Å². The highest BCUT2D eigenvalue weighted by molar-refractivity contribution is 5.78. The van der Waals surface area contributed by atoms with Crippen molar-refractivity contribution in [3.63, 3.8) is 0 Å². The summed E-state index contributed by atoms with van der Waals surface area (Å²) in [4.78, 5) is 23.8. The van der Waals surface area contributed by atoms with Gasteiger partial charge in [0, 0.05) is 25.4 Å². The monoisotopic (exact) mass is 213 g/mol. The number of aliphatic carboxylic acids is 1. The van der Waals surface area contributed by atoms with Crippen LogP contribution in [0, 0.1) is 11.3 Å². The highest BCUT2D eigenvalue weighted by Gasteiger charge is 2.33. The normalized spacial score (nSPS) is 17.4. The molecule has 1 aliphatic heterocycles. The van der Waals surface area contributed by atoms with E-state index in [4.69, 9.17) is 5.11 Å². The van der Waals surface area contributed by atoms with Crippen molar-refractivity contribution in [1.82, 2.24) is 4.90 Å². The van der Waals surface area contributed by atoms with Gasteiger partial charge in [0.2, 0.25) is 5.91 Å². The van der Waals surface area contributed by atoms with Crippen LogP contribution in [0.5, 0.6) is 0 Å². The summed E-state index contributed by atoms with van der Waals surface area (Å²) in [5, 5.41) is 8.56. The van der Waals surface area contributed by atoms with Gasteiger partial charge in [-0.25, -0.2) is 0 Å². The van der Waals surface area contributed by atoms with Crippen molar-refractivity contribution in [2.45, 2.75) is 33.6 Å². The Hall–Kier alpha value is -1.06. The second kappa shape index (κ2) is 4.21. The van der Waals surface area contributed by atoms with Gasteiger partial charge in [-0.15, -0.1) is 0 Å². The molecule has 1 amide bonds. The molecular formula is C11H19NO3. The molecule has 0 radical (unpaired) electrons. The number of amides is 1. The maximum atomic E-state index is 11.7. The molecule has 0 aromatic heterocycles. The molecule has 4 heteroatoms. The van der Waals surface area contributed by atoms with Crippen molar-refractivity contribution in [2.75, 3.05) is 13.1 Å². The third kappa shape index (κ3) is 3.90. The first kappa shape index (κ1) is 12.0. The fourth-order valence-electron chi connectivity index (χ4n) is 1.72. The molecular weight excluding hydrogens is 194 g/mol. The van der Waals surface area contributed by atoms with Gasteiger partial charge in [0.15, 0.2) is 0 Å². The number of hydrogen-bond acceptors (Lipinski definition) is 2. The van der Waals surface area contributed by atoms with Crippen LogP contribution in [-0.2, 0) is 9.59 Å². The van der Waals surface area contributed by atoms with Crippen LogP contribution in [0.2, 0.25) is 0 Å². The topological polar surface area (TPSA) is 57.6 Å². The van der Waals surface area contributed by atoms with Crippen LogP contribution in [0.15, 0.2) is 0 Å². The maximum absolute atomic E-state index is 11.7. The Morgan fingerprint density at radius 2 is 1.87 bits per heavy atom. The molecule has 1 rings (SSSR count). The van der Waals surface area contributed by atoms with E-state index in [0.717, 1.165) is 0 Å². The zero-order valence-electron chi connectivity index (χ0n) is 9.62. The number of rotatable bonds is 3. The Kier molecular flexibility index (Phi) is 3.37. The zero-order valence-corrected chi connectivity index (χ0v) is 9.62. The summed E-state index contributed by atoms with van der Waals surface area (Å²) in [7, 11) is 0. The molecule has 0 aromatic rings. The molecule has 86 valence electrons. The van der Waals surface area contributed by atoms with Crippen LogP contribution >= 0.6 is 0 Å². The fraction of sp³-hybridized carbons (Fsp3) is 0.818. The van der Waals surface area contributed by atoms with Crippen LogP contribution in [0.1, 0.15) is 33.6 Å². The first-order chi connectivity index (χ1) is 6.78. The van der Waals surface area contributed by atoms with Gasteiger partial charge in [-0.1, -0.05) is 20.8 Å². The van der Waals surface area contributed by atoms with Gasteiger partial charge in [-0.05, 0) is 5.41 Å². The zero-order chi connectivity index (χ0) is 11.6. The van der Waals surface area contributed by atoms with Gasteiger partial charge in [0.1, 0.15) is 0 Å². The summed E-state index contributed by atoms with van der Waals surface area (Å²) in [5.41, 5.74) is 0.00890. The summed E-state index contributed by atoms with van der Waals surface area (Å²) in [5.74, 6) is -0.474. The molecule has 0 spiro atoms. The predicted molar refractivity (Wildman–Crippen MR) is 56.4 cm³/mol. The standard InChI is InChI=1S/C11H19NO3/c1-11(2,3)5-9(13)12-6-8(7-12)4-10(14)15/h8H,4-7H2,1-3H3,(H,14,15). The van der Waals surface area contributed by atoms with Crippen molar-refractivity contribution in [3.8, 4) is 0 Å². The van der Waals surface area contributed by atoms with E-state index in [9.17, 15) is 9.59 Å². The minimum Gasteiger partial charge on any atom is -0.481 e. The maximum Gasteiger partial charge on any atom is 0.303 e. The van der Waals surface area contributed by atoms with Crippen molar-refractivity contribution in [1.29, 1.82) is 0 Å². The second-order valence-corrected chi connectivity index (χ2v) is 5.50. The van der Waals surface area contributed by atoms with Crippen LogP contribution in [0.3, 0.4) is 0 Å². The molecule has 4 nitrogen and oxygen atoms in total. The molecule has 0 aromatic carbocycles. The van der Waals surface area contributed by atoms with Gasteiger partial charge in [0.05, 0.1) is 6.42 Å². The van der Waals surface area contributed by atoms with Crippen LogP contribution < -0.4 is 0 Å². The summed E-state index contributed by atoms with van der Waals surface area (Å²) in [6.45, 7) is 7.31. The SMILES string of the molecule is CC(C)(C)CC(=O)N1CC(CC(=O)O)C1. The molecule has 15 heavy (non-hydrogen) atoms. The second-order valence-electron chi connectivity index (χ2n) is 5.50. The third-order valence-electron chi connectivity index (χ3n) is 2.45. The Morgan fingerprint density at radius 3 is 2.27 bits per heavy atom. The molecule has 0 saturated carbocycles. The van der Waals surface area contributed by atoms with E-state index < -0.39 is 5.97 Å². The Morgan fingerprint density at radius 1 is 1.33 bits per heavy atom. The van der Waals surface area contributed by atoms with Crippen LogP contribution in [0.4, 0.5) is 0 Å². The lowest BCUT2D eigenvalue weighted by molar-refractivity contribution is -0.146. The predicted octanol–water partition coefficient (Wildman–Crippen LogP) is 1.36. The number of carbonyl (C=O) groups excluding carboxylic acids is 1. The summed E-state index contributed by atoms with van der Waals surface area (Å²) >= 11 is 0. The molecule has 0 aliphatic carbocycles. The number of carboxylic acids is 1. The van der Waals surface area contributed by atoms with E-state index in [2.05, 4.69) is 0 Å². The summed E-state index contributed by atoms with van der Waals surface area (Å²) in [6, 6.07) is 0. The third-order valence-corrected chi connectivity index (χ3v) is 2.45. The highest BCUT2D eigenvalue weighted by atomic mass is 16.4. The highest BCUT2D eigenvalue weighted by Crippen LogP contribution is 2.25. The van der Waals surface area contributed by atoms with Gasteiger partial charge in [0.25, 0.3) is 0 Å². The van der Waals surface area contributed by atoms with Gasteiger partial charge < -0.3 is 10.0 Å². The van der Waals surface area contributed by atoms with Crippen molar-refractivity contribution >= 4 is 11.9 Å². The van der Waals surface area contributed by atoms with Crippen LogP contribution in [-0.4, -0.2) is 35.0 Å². The number of nitrogens with zero attached hydrogens (tertiary/aromatic N) is 1. The van der Waals surface area contributed by atoms with E-state index in [-0.39, 0.29) is 23.7 Å². The minimum absolute atomic E-state index is 0.00890. The lowest BCUT2D eigenvalue weighted by atomic mass is 9.89. The molecule has 1 N–H and O–H groups in total. The van der Waals surface area contributed by atoms with Crippen molar-refractivity contribution in [3.05, 3.63) is 0 Å². The number of carboxylic acid groups (broad SMARTS) is 1. The first-order valence-electron chi connectivity index (χ1n) is 5.27. The summed E-state index contributed by atoms with van der Waals surface area (Å²) < 4.78 is 0. The Balaban J connectivity index is 2.27. The van der Waals surface area contributed by atoms with E-state index in [1.165, 1.54) is 0 Å². The summed E-state index contributed by atoms with van der Waals surface area (Å²) in [6.07, 6.45) is 0.714. The molecule has 1 saturated heterocycles. The van der Waals surface area contributed by atoms with Gasteiger partial charge >= 0.3 is 5.97 Å². The van der Waals surface area contributed by atoms with Crippen molar-refractivity contribution in [2.24, 2.45) is 11.3 Å². The Labute approximate surface area is 90.3 Å². The number of likely N-dealkylation sites (tertiary alicyclic amines) is 1. The van der Waals surface area contributed by atoms with E-state index in [1.54, 1.807) is 4.90 Å². The van der Waals surface area contributed by atoms with Gasteiger partial charge in [-0.3, -0.25) is 9.59 Å². The Bertz CT molecular complexity index is 261. The quantitative estimate of drug-likeness (QED) is 0.770. The number of carbonyl (C=O) groups is 2. The van der Waals surface area contributed by atoms with E-state index in [1.807, 2.05) is 20.8 Å². The average molecular weight is 213 g/mol. The lowest BCUT2D eigenvalue weighted by Crippen LogP contribution is -2.51. The lowest BCUT2D eigenvalue weighted by Gasteiger charge is -2.39. The first-order valence-corrected chi connectivity index (χ1v) is 5.27. The molecule has 0 bridgehead atoms. The largest absolute Gasteiger partial charge is 0.481 e. The molecule has 1 fully saturated rings. The molecule has 1 heterocycles. The molecule has 1 aliphatic rings. The van der Waals surface area contributed by atoms with Gasteiger partial charge in [-0.2, -0.15) is 0 Å². The average Bonchev–Trinajstić information content (AvgIpc) is 1.91. The number of hydrogen-bond donors (Lipinski definition) is 1.